The molecule has 0 radical (unpaired) electrons. The molecule has 1 atom stereocenters. The Morgan fingerprint density at radius 2 is 2.15 bits per heavy atom. The Bertz CT molecular complexity index is 594. The number of carboxylic acid groups (broad SMARTS) is 1. The summed E-state index contributed by atoms with van der Waals surface area (Å²) in [6.45, 7) is -0.433. The van der Waals surface area contributed by atoms with Crippen molar-refractivity contribution in [3.8, 4) is 0 Å². The summed E-state index contributed by atoms with van der Waals surface area (Å²) in [5.41, 5.74) is -1.06. The number of thioether (sulfide) groups is 1. The van der Waals surface area contributed by atoms with Crippen LogP contribution in [0.5, 0.6) is 0 Å². The molecule has 0 saturated carbocycles. The number of carbonyl (C=O) groups is 2. The van der Waals surface area contributed by atoms with E-state index in [-0.39, 0.29) is 6.42 Å². The van der Waals surface area contributed by atoms with E-state index in [0.717, 1.165) is 16.8 Å². The van der Waals surface area contributed by atoms with E-state index in [4.69, 9.17) is 5.11 Å². The summed E-state index contributed by atoms with van der Waals surface area (Å²) in [4.78, 5) is 45.1. The highest BCUT2D eigenvalue weighted by Gasteiger charge is 2.19. The minimum atomic E-state index is -1.14. The molecule has 0 fully saturated rings. The van der Waals surface area contributed by atoms with Crippen LogP contribution in [0.25, 0.3) is 0 Å². The third kappa shape index (κ3) is 4.92. The van der Waals surface area contributed by atoms with Crippen LogP contribution in [0.15, 0.2) is 21.7 Å². The van der Waals surface area contributed by atoms with Gasteiger partial charge in [0.05, 0.1) is 0 Å². The maximum absolute atomic E-state index is 11.7. The first-order valence-electron chi connectivity index (χ1n) is 5.75. The molecule has 1 aromatic heterocycles. The van der Waals surface area contributed by atoms with Crippen LogP contribution < -0.4 is 16.4 Å². The van der Waals surface area contributed by atoms with Gasteiger partial charge in [0.2, 0.25) is 5.91 Å². The molecular formula is C11H15N3O5S. The van der Waals surface area contributed by atoms with Gasteiger partial charge >= 0.3 is 5.97 Å². The van der Waals surface area contributed by atoms with Gasteiger partial charge in [-0.1, -0.05) is 0 Å². The minimum absolute atomic E-state index is 0.280. The molecular weight excluding hydrogens is 286 g/mol. The van der Waals surface area contributed by atoms with Crippen LogP contribution in [0.4, 0.5) is 0 Å². The first-order chi connectivity index (χ1) is 9.43. The Labute approximate surface area is 118 Å². The predicted molar refractivity (Wildman–Crippen MR) is 73.9 cm³/mol. The van der Waals surface area contributed by atoms with Crippen molar-refractivity contribution in [3.05, 3.63) is 32.8 Å². The Morgan fingerprint density at radius 3 is 2.75 bits per heavy atom. The Hall–Kier alpha value is -2.03. The summed E-state index contributed by atoms with van der Waals surface area (Å²) in [5, 5.41) is 13.5. The highest BCUT2D eigenvalue weighted by molar-refractivity contribution is 7.98. The Morgan fingerprint density at radius 1 is 1.45 bits per heavy atom. The fourth-order valence-corrected chi connectivity index (χ4v) is 1.93. The lowest BCUT2D eigenvalue weighted by Gasteiger charge is -2.14. The van der Waals surface area contributed by atoms with E-state index in [1.165, 1.54) is 11.8 Å². The van der Waals surface area contributed by atoms with Crippen molar-refractivity contribution < 1.29 is 14.7 Å². The van der Waals surface area contributed by atoms with Crippen LogP contribution in [0.2, 0.25) is 0 Å². The third-order valence-corrected chi connectivity index (χ3v) is 3.08. The predicted octanol–water partition coefficient (Wildman–Crippen LogP) is -1.14. The van der Waals surface area contributed by atoms with Crippen molar-refractivity contribution >= 4 is 23.6 Å². The van der Waals surface area contributed by atoms with Crippen LogP contribution >= 0.6 is 11.8 Å². The van der Waals surface area contributed by atoms with Crippen molar-refractivity contribution in [3.63, 3.8) is 0 Å². The normalized spacial score (nSPS) is 11.8. The summed E-state index contributed by atoms with van der Waals surface area (Å²) >= 11 is 1.47. The highest BCUT2D eigenvalue weighted by Crippen LogP contribution is 2.01. The summed E-state index contributed by atoms with van der Waals surface area (Å²) in [5.74, 6) is -1.21. The maximum Gasteiger partial charge on any atom is 0.326 e. The van der Waals surface area contributed by atoms with Crippen LogP contribution in [-0.4, -0.2) is 44.8 Å². The SMILES string of the molecule is CSCCC(NC(=O)Cn1[nH]c(=O)ccc1=O)C(=O)O. The number of amides is 1. The molecule has 8 nitrogen and oxygen atoms in total. The molecule has 9 heteroatoms. The standard InChI is InChI=1S/C11H15N3O5S/c1-20-5-4-7(11(18)19)12-9(16)6-14-10(17)3-2-8(15)13-14/h2-3,7H,4-6H2,1H3,(H,12,16)(H,13,15)(H,18,19). The van der Waals surface area contributed by atoms with E-state index in [1.807, 2.05) is 6.26 Å². The number of rotatable bonds is 7. The maximum atomic E-state index is 11.7. The lowest BCUT2D eigenvalue weighted by Crippen LogP contribution is -2.44. The molecule has 0 saturated heterocycles. The number of H-pyrrole nitrogens is 1. The van der Waals surface area contributed by atoms with Gasteiger partial charge in [-0.3, -0.25) is 19.5 Å². The minimum Gasteiger partial charge on any atom is -0.480 e. The number of hydrogen-bond donors (Lipinski definition) is 3. The summed E-state index contributed by atoms with van der Waals surface area (Å²) in [6.07, 6.45) is 2.11. The largest absolute Gasteiger partial charge is 0.480 e. The molecule has 0 bridgehead atoms. The van der Waals surface area contributed by atoms with Crippen LogP contribution in [-0.2, 0) is 16.1 Å². The van der Waals surface area contributed by atoms with E-state index in [1.54, 1.807) is 0 Å². The van der Waals surface area contributed by atoms with E-state index in [0.29, 0.717) is 5.75 Å². The molecule has 1 heterocycles. The Balaban J connectivity index is 2.70. The zero-order valence-electron chi connectivity index (χ0n) is 10.8. The van der Waals surface area contributed by atoms with Crippen molar-refractivity contribution in [2.75, 3.05) is 12.0 Å². The van der Waals surface area contributed by atoms with Crippen molar-refractivity contribution in [1.82, 2.24) is 15.1 Å². The monoisotopic (exact) mass is 301 g/mol. The lowest BCUT2D eigenvalue weighted by atomic mass is 10.2. The van der Waals surface area contributed by atoms with E-state index in [2.05, 4.69) is 10.4 Å². The summed E-state index contributed by atoms with van der Waals surface area (Å²) in [6, 6.07) is 1.07. The first-order valence-corrected chi connectivity index (χ1v) is 7.14. The van der Waals surface area contributed by atoms with E-state index < -0.39 is 35.6 Å². The fraction of sp³-hybridized carbons (Fsp3) is 0.455. The topological polar surface area (TPSA) is 121 Å². The van der Waals surface area contributed by atoms with E-state index in [9.17, 15) is 19.2 Å². The number of carboxylic acids is 1. The summed E-state index contributed by atoms with van der Waals surface area (Å²) in [7, 11) is 0. The lowest BCUT2D eigenvalue weighted by molar-refractivity contribution is -0.142. The van der Waals surface area contributed by atoms with Crippen LogP contribution in [0.1, 0.15) is 6.42 Å². The number of carbonyl (C=O) groups excluding carboxylic acids is 1. The smallest absolute Gasteiger partial charge is 0.326 e. The average molecular weight is 301 g/mol. The zero-order valence-corrected chi connectivity index (χ0v) is 11.6. The second kappa shape index (κ2) is 7.53. The van der Waals surface area contributed by atoms with E-state index >= 15 is 0 Å². The molecule has 3 N–H and O–H groups in total. The van der Waals surface area contributed by atoms with Crippen molar-refractivity contribution in [1.29, 1.82) is 0 Å². The van der Waals surface area contributed by atoms with Gasteiger partial charge in [0.15, 0.2) is 0 Å². The van der Waals surface area contributed by atoms with Crippen LogP contribution in [0, 0.1) is 0 Å². The number of aromatic amines is 1. The van der Waals surface area contributed by atoms with Gasteiger partial charge in [-0.15, -0.1) is 0 Å². The Kier molecular flexibility index (Phi) is 6.04. The summed E-state index contributed by atoms with van der Waals surface area (Å²) < 4.78 is 0.825. The molecule has 20 heavy (non-hydrogen) atoms. The molecule has 1 amide bonds. The third-order valence-electron chi connectivity index (χ3n) is 2.43. The number of aliphatic carboxylic acids is 1. The average Bonchev–Trinajstić information content (AvgIpc) is 2.38. The number of aromatic nitrogens is 2. The van der Waals surface area contributed by atoms with Gasteiger partial charge in [-0.2, -0.15) is 11.8 Å². The number of nitrogens with zero attached hydrogens (tertiary/aromatic N) is 1. The van der Waals surface area contributed by atoms with Gasteiger partial charge < -0.3 is 10.4 Å². The molecule has 0 spiro atoms. The molecule has 1 rings (SSSR count). The van der Waals surface area contributed by atoms with Gasteiger partial charge in [0, 0.05) is 12.1 Å². The van der Waals surface area contributed by atoms with Gasteiger partial charge in [0.25, 0.3) is 11.1 Å². The fourth-order valence-electron chi connectivity index (χ4n) is 1.46. The van der Waals surface area contributed by atoms with Crippen molar-refractivity contribution in [2.24, 2.45) is 0 Å². The van der Waals surface area contributed by atoms with Gasteiger partial charge in [-0.05, 0) is 18.4 Å². The quantitative estimate of drug-likeness (QED) is 0.585. The van der Waals surface area contributed by atoms with Gasteiger partial charge in [-0.25, -0.2) is 9.48 Å². The van der Waals surface area contributed by atoms with Gasteiger partial charge in [0.1, 0.15) is 12.6 Å². The highest BCUT2D eigenvalue weighted by atomic mass is 32.2. The molecule has 1 aromatic rings. The second-order valence-electron chi connectivity index (χ2n) is 3.97. The molecule has 0 aromatic carbocycles. The molecule has 110 valence electrons. The molecule has 1 unspecified atom stereocenters. The zero-order chi connectivity index (χ0) is 15.1. The first kappa shape index (κ1) is 16.0. The second-order valence-corrected chi connectivity index (χ2v) is 4.96. The number of nitrogens with one attached hydrogen (secondary N) is 2. The molecule has 0 aliphatic rings. The molecule has 0 aliphatic heterocycles. The van der Waals surface area contributed by atoms with Crippen molar-refractivity contribution in [2.45, 2.75) is 19.0 Å². The molecule has 0 aliphatic carbocycles. The number of hydrogen-bond acceptors (Lipinski definition) is 5. The van der Waals surface area contributed by atoms with Crippen LogP contribution in [0.3, 0.4) is 0 Å².